The van der Waals surface area contributed by atoms with E-state index in [1.54, 1.807) is 33.7 Å². The normalized spacial score (nSPS) is 15.4. The molecular weight excluding hydrogens is 418 g/mol. The van der Waals surface area contributed by atoms with E-state index >= 15 is 0 Å². The second-order valence-corrected chi connectivity index (χ2v) is 9.37. The number of hydrogen-bond donors (Lipinski definition) is 0. The molecule has 10 heteroatoms. The lowest BCUT2D eigenvalue weighted by atomic mass is 10.2. The van der Waals surface area contributed by atoms with Crippen LogP contribution >= 0.6 is 0 Å². The minimum Gasteiger partial charge on any atom is -0.494 e. The van der Waals surface area contributed by atoms with Crippen LogP contribution in [0.1, 0.15) is 28.7 Å². The van der Waals surface area contributed by atoms with Crippen molar-refractivity contribution in [3.63, 3.8) is 0 Å². The largest absolute Gasteiger partial charge is 0.494 e. The van der Waals surface area contributed by atoms with Gasteiger partial charge in [-0.25, -0.2) is 17.9 Å². The molecular formula is C21H25N5O4S. The Kier molecular flexibility index (Phi) is 5.67. The standard InChI is InChI=1S/C21H25N5O4S/c1-4-30-17-5-7-18(8-6-17)31(28,29)25-11-9-24(10-12-25)21(27)19-14-22-26-16(3)13-15(2)23-20(19)26/h5-8,13-14H,4,9-12H2,1-3H3. The first-order valence-electron chi connectivity index (χ1n) is 10.2. The maximum atomic E-state index is 13.1. The highest BCUT2D eigenvalue weighted by Gasteiger charge is 2.31. The van der Waals surface area contributed by atoms with Crippen molar-refractivity contribution in [1.82, 2.24) is 23.8 Å². The molecule has 0 unspecified atom stereocenters. The maximum absolute atomic E-state index is 13.1. The molecule has 1 aliphatic heterocycles. The van der Waals surface area contributed by atoms with Crippen LogP contribution in [0, 0.1) is 13.8 Å². The van der Waals surface area contributed by atoms with Crippen molar-refractivity contribution in [2.45, 2.75) is 25.7 Å². The van der Waals surface area contributed by atoms with Gasteiger partial charge < -0.3 is 9.64 Å². The van der Waals surface area contributed by atoms with Crippen molar-refractivity contribution < 1.29 is 17.9 Å². The zero-order chi connectivity index (χ0) is 22.2. The Morgan fingerprint density at radius 3 is 2.42 bits per heavy atom. The number of fused-ring (bicyclic) bond motifs is 1. The molecule has 0 bridgehead atoms. The minimum atomic E-state index is -3.63. The summed E-state index contributed by atoms with van der Waals surface area (Å²) in [6, 6.07) is 8.30. The zero-order valence-corrected chi connectivity index (χ0v) is 18.6. The number of aromatic nitrogens is 3. The Morgan fingerprint density at radius 1 is 1.10 bits per heavy atom. The number of piperazine rings is 1. The van der Waals surface area contributed by atoms with Gasteiger partial charge in [0.05, 0.1) is 17.7 Å². The van der Waals surface area contributed by atoms with Crippen LogP contribution in [-0.2, 0) is 10.0 Å². The van der Waals surface area contributed by atoms with Crippen molar-refractivity contribution in [2.75, 3.05) is 32.8 Å². The maximum Gasteiger partial charge on any atom is 0.259 e. The highest BCUT2D eigenvalue weighted by molar-refractivity contribution is 7.89. The smallest absolute Gasteiger partial charge is 0.259 e. The number of ether oxygens (including phenoxy) is 1. The first-order chi connectivity index (χ1) is 14.8. The average Bonchev–Trinajstić information content (AvgIpc) is 3.18. The van der Waals surface area contributed by atoms with Crippen LogP contribution in [-0.4, -0.2) is 70.9 Å². The van der Waals surface area contributed by atoms with Crippen LogP contribution in [0.5, 0.6) is 5.75 Å². The third kappa shape index (κ3) is 4.00. The van der Waals surface area contributed by atoms with E-state index in [0.717, 1.165) is 11.4 Å². The molecule has 1 aliphatic rings. The number of carbonyl (C=O) groups is 1. The summed E-state index contributed by atoms with van der Waals surface area (Å²) < 4.78 is 34.4. The van der Waals surface area contributed by atoms with Crippen molar-refractivity contribution in [1.29, 1.82) is 0 Å². The fraction of sp³-hybridized carbons (Fsp3) is 0.381. The molecule has 1 fully saturated rings. The zero-order valence-electron chi connectivity index (χ0n) is 17.8. The fourth-order valence-electron chi connectivity index (χ4n) is 3.75. The molecule has 0 spiro atoms. The number of nitrogens with zero attached hydrogens (tertiary/aromatic N) is 5. The summed E-state index contributed by atoms with van der Waals surface area (Å²) in [6.45, 7) is 7.24. The molecule has 1 aromatic carbocycles. The van der Waals surface area contributed by atoms with Gasteiger partial charge in [-0.2, -0.15) is 9.40 Å². The van der Waals surface area contributed by atoms with Gasteiger partial charge in [-0.1, -0.05) is 0 Å². The van der Waals surface area contributed by atoms with Crippen LogP contribution in [0.4, 0.5) is 0 Å². The monoisotopic (exact) mass is 443 g/mol. The minimum absolute atomic E-state index is 0.189. The van der Waals surface area contributed by atoms with Crippen LogP contribution < -0.4 is 4.74 Å². The van der Waals surface area contributed by atoms with E-state index in [0.29, 0.717) is 36.7 Å². The number of rotatable bonds is 5. The number of benzene rings is 1. The van der Waals surface area contributed by atoms with E-state index in [4.69, 9.17) is 4.74 Å². The molecule has 164 valence electrons. The molecule has 1 amide bonds. The van der Waals surface area contributed by atoms with Gasteiger partial charge in [0, 0.05) is 37.6 Å². The SMILES string of the molecule is CCOc1ccc(S(=O)(=O)N2CCN(C(=O)c3cnn4c(C)cc(C)nc34)CC2)cc1. The van der Waals surface area contributed by atoms with E-state index in [-0.39, 0.29) is 23.9 Å². The van der Waals surface area contributed by atoms with Crippen LogP contribution in [0.3, 0.4) is 0 Å². The number of hydrogen-bond acceptors (Lipinski definition) is 6. The van der Waals surface area contributed by atoms with Gasteiger partial charge >= 0.3 is 0 Å². The predicted molar refractivity (Wildman–Crippen MR) is 115 cm³/mol. The number of sulfonamides is 1. The highest BCUT2D eigenvalue weighted by atomic mass is 32.2. The van der Waals surface area contributed by atoms with Gasteiger partial charge in [-0.3, -0.25) is 4.79 Å². The molecule has 9 nitrogen and oxygen atoms in total. The molecule has 4 rings (SSSR count). The fourth-order valence-corrected chi connectivity index (χ4v) is 5.17. The van der Waals surface area contributed by atoms with Crippen LogP contribution in [0.25, 0.3) is 5.65 Å². The quantitative estimate of drug-likeness (QED) is 0.597. The van der Waals surface area contributed by atoms with E-state index in [9.17, 15) is 13.2 Å². The Labute approximate surface area is 181 Å². The molecule has 3 heterocycles. The lowest BCUT2D eigenvalue weighted by Gasteiger charge is -2.33. The van der Waals surface area contributed by atoms with Gasteiger partial charge in [0.1, 0.15) is 11.3 Å². The van der Waals surface area contributed by atoms with Gasteiger partial charge in [0.2, 0.25) is 10.0 Å². The van der Waals surface area contributed by atoms with E-state index in [2.05, 4.69) is 10.1 Å². The van der Waals surface area contributed by atoms with E-state index < -0.39 is 10.0 Å². The molecule has 1 saturated heterocycles. The first kappa shape index (κ1) is 21.3. The van der Waals surface area contributed by atoms with Gasteiger partial charge in [-0.15, -0.1) is 0 Å². The summed E-state index contributed by atoms with van der Waals surface area (Å²) in [4.78, 5) is 19.4. The van der Waals surface area contributed by atoms with Gasteiger partial charge in [0.15, 0.2) is 5.65 Å². The van der Waals surface area contributed by atoms with Crippen molar-refractivity contribution in [3.8, 4) is 5.75 Å². The molecule has 0 aliphatic carbocycles. The second-order valence-electron chi connectivity index (χ2n) is 7.43. The molecule has 2 aromatic heterocycles. The predicted octanol–water partition coefficient (Wildman–Crippen LogP) is 1.89. The van der Waals surface area contributed by atoms with E-state index in [1.807, 2.05) is 26.8 Å². The van der Waals surface area contributed by atoms with Crippen molar-refractivity contribution in [2.24, 2.45) is 0 Å². The first-order valence-corrected chi connectivity index (χ1v) is 11.6. The second kappa shape index (κ2) is 8.27. The molecule has 3 aromatic rings. The Morgan fingerprint density at radius 2 is 1.77 bits per heavy atom. The van der Waals surface area contributed by atoms with Gasteiger partial charge in [-0.05, 0) is 51.1 Å². The summed E-state index contributed by atoms with van der Waals surface area (Å²) in [6.07, 6.45) is 1.53. The summed E-state index contributed by atoms with van der Waals surface area (Å²) in [5, 5.41) is 4.28. The van der Waals surface area contributed by atoms with Gasteiger partial charge in [0.25, 0.3) is 5.91 Å². The molecule has 0 saturated carbocycles. The lowest BCUT2D eigenvalue weighted by molar-refractivity contribution is 0.0699. The molecule has 0 atom stereocenters. The average molecular weight is 444 g/mol. The number of carbonyl (C=O) groups excluding carboxylic acids is 1. The molecule has 0 N–H and O–H groups in total. The summed E-state index contributed by atoms with van der Waals surface area (Å²) in [5.74, 6) is 0.440. The third-order valence-electron chi connectivity index (χ3n) is 5.31. The Hall–Kier alpha value is -2.98. The number of amides is 1. The highest BCUT2D eigenvalue weighted by Crippen LogP contribution is 2.22. The van der Waals surface area contributed by atoms with Crippen LogP contribution in [0.2, 0.25) is 0 Å². The summed E-state index contributed by atoms with van der Waals surface area (Å²) in [5.41, 5.74) is 2.65. The Balaban J connectivity index is 1.48. The lowest BCUT2D eigenvalue weighted by Crippen LogP contribution is -2.50. The molecule has 31 heavy (non-hydrogen) atoms. The van der Waals surface area contributed by atoms with Crippen molar-refractivity contribution in [3.05, 3.63) is 53.5 Å². The molecule has 0 radical (unpaired) electrons. The van der Waals surface area contributed by atoms with E-state index in [1.165, 1.54) is 10.5 Å². The third-order valence-corrected chi connectivity index (χ3v) is 7.22. The summed E-state index contributed by atoms with van der Waals surface area (Å²) in [7, 11) is -3.63. The topological polar surface area (TPSA) is 97.1 Å². The Bertz CT molecular complexity index is 1210. The number of aryl methyl sites for hydroxylation is 2. The summed E-state index contributed by atoms with van der Waals surface area (Å²) >= 11 is 0. The van der Waals surface area contributed by atoms with Crippen molar-refractivity contribution >= 4 is 21.6 Å². The van der Waals surface area contributed by atoms with Crippen LogP contribution in [0.15, 0.2) is 41.4 Å².